The first-order chi connectivity index (χ1) is 11.1. The minimum absolute atomic E-state index is 0.0637. The number of nitrogens with one attached hydrogen (secondary N) is 1. The normalized spacial score (nSPS) is 30.6. The van der Waals surface area contributed by atoms with E-state index in [1.165, 1.54) is 18.9 Å². The van der Waals surface area contributed by atoms with E-state index in [-0.39, 0.29) is 29.6 Å². The number of benzene rings is 1. The molecule has 23 heavy (non-hydrogen) atoms. The molecule has 5 heteroatoms. The Morgan fingerprint density at radius 2 is 2.13 bits per heavy atom. The van der Waals surface area contributed by atoms with Crippen molar-refractivity contribution in [2.45, 2.75) is 37.8 Å². The topological polar surface area (TPSA) is 41.6 Å². The van der Waals surface area contributed by atoms with Crippen molar-refractivity contribution in [1.82, 2.24) is 10.2 Å². The molecule has 1 aliphatic carbocycles. The van der Waals surface area contributed by atoms with Gasteiger partial charge in [-0.2, -0.15) is 0 Å². The molecular weight excluding hydrogens is 295 g/mol. The van der Waals surface area contributed by atoms with Gasteiger partial charge in [-0.05, 0) is 38.1 Å². The zero-order chi connectivity index (χ0) is 16.0. The van der Waals surface area contributed by atoms with Crippen LogP contribution in [0.4, 0.5) is 4.39 Å². The predicted molar refractivity (Wildman–Crippen MR) is 84.6 cm³/mol. The van der Waals surface area contributed by atoms with Crippen LogP contribution >= 0.6 is 0 Å². The zero-order valence-corrected chi connectivity index (χ0v) is 13.4. The number of carbonyl (C=O) groups is 1. The van der Waals surface area contributed by atoms with E-state index in [0.29, 0.717) is 19.2 Å². The van der Waals surface area contributed by atoms with Crippen molar-refractivity contribution in [1.29, 1.82) is 0 Å². The van der Waals surface area contributed by atoms with Crippen LogP contribution in [0.1, 0.15) is 37.3 Å². The Morgan fingerprint density at radius 1 is 1.35 bits per heavy atom. The number of ether oxygens (including phenoxy) is 1. The summed E-state index contributed by atoms with van der Waals surface area (Å²) in [7, 11) is 2.01. The number of halogens is 1. The van der Waals surface area contributed by atoms with Crippen molar-refractivity contribution < 1.29 is 13.9 Å². The molecule has 3 aliphatic rings. The first kappa shape index (κ1) is 14.9. The first-order valence-corrected chi connectivity index (χ1v) is 8.56. The number of hydrogen-bond acceptors (Lipinski definition) is 3. The second kappa shape index (κ2) is 5.78. The van der Waals surface area contributed by atoms with Crippen LogP contribution in [-0.4, -0.2) is 37.0 Å². The molecule has 1 aromatic carbocycles. The van der Waals surface area contributed by atoms with Crippen LogP contribution in [0.15, 0.2) is 18.2 Å². The molecule has 1 amide bonds. The summed E-state index contributed by atoms with van der Waals surface area (Å²) in [5, 5.41) is 3.21. The minimum Gasteiger partial charge on any atom is -0.493 e. The molecule has 1 N–H and O–H groups in total. The smallest absolute Gasteiger partial charge is 0.225 e. The summed E-state index contributed by atoms with van der Waals surface area (Å²) < 4.78 is 19.5. The highest BCUT2D eigenvalue weighted by molar-refractivity contribution is 5.80. The lowest BCUT2D eigenvalue weighted by Crippen LogP contribution is -2.42. The molecular formula is C18H23FN2O2. The van der Waals surface area contributed by atoms with Crippen molar-refractivity contribution >= 4 is 5.91 Å². The van der Waals surface area contributed by atoms with Crippen LogP contribution in [0.3, 0.4) is 0 Å². The second-order valence-corrected chi connectivity index (χ2v) is 7.14. The van der Waals surface area contributed by atoms with E-state index in [1.807, 2.05) is 7.05 Å². The van der Waals surface area contributed by atoms with Crippen LogP contribution in [0, 0.1) is 17.7 Å². The van der Waals surface area contributed by atoms with E-state index in [4.69, 9.17) is 4.74 Å². The molecule has 1 saturated heterocycles. The maximum Gasteiger partial charge on any atom is 0.225 e. The third-order valence-corrected chi connectivity index (χ3v) is 5.64. The fraction of sp³-hybridized carbons (Fsp3) is 0.611. The average Bonchev–Trinajstić information content (AvgIpc) is 3.15. The van der Waals surface area contributed by atoms with E-state index < -0.39 is 0 Å². The highest BCUT2D eigenvalue weighted by atomic mass is 19.1. The highest BCUT2D eigenvalue weighted by Gasteiger charge is 2.48. The van der Waals surface area contributed by atoms with E-state index in [2.05, 4.69) is 10.2 Å². The van der Waals surface area contributed by atoms with Crippen LogP contribution in [0.2, 0.25) is 0 Å². The molecule has 2 heterocycles. The maximum atomic E-state index is 13.7. The lowest BCUT2D eigenvalue weighted by molar-refractivity contribution is -0.126. The first-order valence-electron chi connectivity index (χ1n) is 8.56. The van der Waals surface area contributed by atoms with Gasteiger partial charge in [0.05, 0.1) is 12.5 Å². The third kappa shape index (κ3) is 2.61. The Morgan fingerprint density at radius 3 is 2.91 bits per heavy atom. The second-order valence-electron chi connectivity index (χ2n) is 7.14. The van der Waals surface area contributed by atoms with Gasteiger partial charge in [0.15, 0.2) is 0 Å². The van der Waals surface area contributed by atoms with Crippen molar-refractivity contribution in [2.75, 3.05) is 20.2 Å². The molecule has 2 fully saturated rings. The summed E-state index contributed by atoms with van der Waals surface area (Å²) >= 11 is 0. The van der Waals surface area contributed by atoms with E-state index >= 15 is 0 Å². The third-order valence-electron chi connectivity index (χ3n) is 5.64. The fourth-order valence-corrected chi connectivity index (χ4v) is 4.51. The fourth-order valence-electron chi connectivity index (χ4n) is 4.51. The summed E-state index contributed by atoms with van der Waals surface area (Å²) in [5.41, 5.74) is 0.875. The standard InChI is InChI=1S/C18H23FN2O2/c1-21-9-14(18(22)20-12-4-2-3-5-12)15-10-23-16-7-6-11(19)8-13(16)17(15)21/h6-8,12,14-15,17H,2-5,9-10H2,1H3,(H,20,22)/t14-,15+,17+/m1/s1. The van der Waals surface area contributed by atoms with Gasteiger partial charge >= 0.3 is 0 Å². The Balaban J connectivity index is 1.55. The summed E-state index contributed by atoms with van der Waals surface area (Å²) in [6, 6.07) is 5.08. The van der Waals surface area contributed by atoms with Crippen molar-refractivity contribution in [2.24, 2.45) is 11.8 Å². The Labute approximate surface area is 136 Å². The van der Waals surface area contributed by atoms with Crippen molar-refractivity contribution in [3.63, 3.8) is 0 Å². The number of rotatable bonds is 2. The Kier molecular flexibility index (Phi) is 3.76. The Hall–Kier alpha value is -1.62. The number of amides is 1. The molecule has 0 bridgehead atoms. The molecule has 4 nitrogen and oxygen atoms in total. The number of nitrogens with zero attached hydrogens (tertiary/aromatic N) is 1. The van der Waals surface area contributed by atoms with E-state index in [0.717, 1.165) is 24.2 Å². The van der Waals surface area contributed by atoms with Gasteiger partial charge in [0.25, 0.3) is 0 Å². The average molecular weight is 318 g/mol. The molecule has 1 aromatic rings. The maximum absolute atomic E-state index is 13.7. The van der Waals surface area contributed by atoms with Crippen molar-refractivity contribution in [3.8, 4) is 5.75 Å². The molecule has 0 unspecified atom stereocenters. The summed E-state index contributed by atoms with van der Waals surface area (Å²) in [6.45, 7) is 1.23. The van der Waals surface area contributed by atoms with E-state index in [9.17, 15) is 9.18 Å². The summed E-state index contributed by atoms with van der Waals surface area (Å²) in [5.74, 6) is 0.647. The molecule has 0 aromatic heterocycles. The minimum atomic E-state index is -0.250. The molecule has 3 atom stereocenters. The van der Waals surface area contributed by atoms with Gasteiger partial charge < -0.3 is 10.1 Å². The van der Waals surface area contributed by atoms with E-state index in [1.54, 1.807) is 12.1 Å². The largest absolute Gasteiger partial charge is 0.493 e. The zero-order valence-electron chi connectivity index (χ0n) is 13.4. The highest BCUT2D eigenvalue weighted by Crippen LogP contribution is 2.46. The molecule has 124 valence electrons. The number of carbonyl (C=O) groups excluding carboxylic acids is 1. The van der Waals surface area contributed by atoms with Crippen LogP contribution in [0.5, 0.6) is 5.75 Å². The van der Waals surface area contributed by atoms with Gasteiger partial charge in [-0.3, -0.25) is 9.69 Å². The number of hydrogen-bond donors (Lipinski definition) is 1. The molecule has 4 rings (SSSR count). The van der Waals surface area contributed by atoms with Gasteiger partial charge in [0, 0.05) is 30.1 Å². The van der Waals surface area contributed by atoms with Crippen LogP contribution in [0.25, 0.3) is 0 Å². The molecule has 1 saturated carbocycles. The molecule has 2 aliphatic heterocycles. The van der Waals surface area contributed by atoms with Gasteiger partial charge in [-0.1, -0.05) is 12.8 Å². The predicted octanol–water partition coefficient (Wildman–Crippen LogP) is 2.50. The van der Waals surface area contributed by atoms with Gasteiger partial charge in [0.1, 0.15) is 11.6 Å². The number of likely N-dealkylation sites (tertiary alicyclic amines) is 1. The molecule has 0 spiro atoms. The SMILES string of the molecule is CN1C[C@@H](C(=O)NC2CCCC2)[C@@H]2COc3ccc(F)cc3[C@@H]21. The molecule has 0 radical (unpaired) electrons. The van der Waals surface area contributed by atoms with Gasteiger partial charge in [-0.25, -0.2) is 4.39 Å². The monoisotopic (exact) mass is 318 g/mol. The lowest BCUT2D eigenvalue weighted by Gasteiger charge is -2.33. The summed E-state index contributed by atoms with van der Waals surface area (Å²) in [4.78, 5) is 14.9. The van der Waals surface area contributed by atoms with Crippen LogP contribution < -0.4 is 10.1 Å². The van der Waals surface area contributed by atoms with Crippen molar-refractivity contribution in [3.05, 3.63) is 29.6 Å². The van der Waals surface area contributed by atoms with Gasteiger partial charge in [0.2, 0.25) is 5.91 Å². The summed E-state index contributed by atoms with van der Waals surface area (Å²) in [6.07, 6.45) is 4.59. The quantitative estimate of drug-likeness (QED) is 0.911. The van der Waals surface area contributed by atoms with Crippen LogP contribution in [-0.2, 0) is 4.79 Å². The lowest BCUT2D eigenvalue weighted by atomic mass is 9.84. The van der Waals surface area contributed by atoms with Gasteiger partial charge in [-0.15, -0.1) is 0 Å². The Bertz CT molecular complexity index is 615. The number of fused-ring (bicyclic) bond motifs is 3.